The van der Waals surface area contributed by atoms with E-state index >= 15 is 0 Å². The van der Waals surface area contributed by atoms with Crippen molar-refractivity contribution in [1.29, 1.82) is 0 Å². The molecule has 0 rings (SSSR count). The number of nitrogens with one attached hydrogen (secondary N) is 1. The van der Waals surface area contributed by atoms with Crippen molar-refractivity contribution >= 4 is 11.9 Å². The van der Waals surface area contributed by atoms with Gasteiger partial charge in [0.2, 0.25) is 5.91 Å². The van der Waals surface area contributed by atoms with Crippen LogP contribution in [0.1, 0.15) is 361 Å². The van der Waals surface area contributed by atoms with Gasteiger partial charge in [0.05, 0.1) is 25.4 Å². The van der Waals surface area contributed by atoms with Crippen molar-refractivity contribution in [2.75, 3.05) is 13.2 Å². The van der Waals surface area contributed by atoms with Gasteiger partial charge in [-0.1, -0.05) is 314 Å². The molecular weight excluding hydrogens is 887 g/mol. The van der Waals surface area contributed by atoms with E-state index in [1.165, 1.54) is 289 Å². The first-order valence-corrected chi connectivity index (χ1v) is 32.6. The van der Waals surface area contributed by atoms with Crippen LogP contribution in [0.25, 0.3) is 0 Å². The summed E-state index contributed by atoms with van der Waals surface area (Å²) in [5, 5.41) is 23.2. The van der Waals surface area contributed by atoms with Crippen molar-refractivity contribution in [2.45, 2.75) is 373 Å². The Morgan fingerprint density at radius 2 is 0.653 bits per heavy atom. The lowest BCUT2D eigenvalue weighted by atomic mass is 10.0. The molecule has 0 aliphatic rings. The Bertz CT molecular complexity index is 1120. The second-order valence-electron chi connectivity index (χ2n) is 22.5. The average molecular weight is 1010 g/mol. The van der Waals surface area contributed by atoms with Gasteiger partial charge in [0.25, 0.3) is 0 Å². The molecule has 0 spiro atoms. The third kappa shape index (κ3) is 57.6. The van der Waals surface area contributed by atoms with Crippen molar-refractivity contribution in [3.8, 4) is 0 Å². The number of carbonyl (C=O) groups excluding carboxylic acids is 2. The summed E-state index contributed by atoms with van der Waals surface area (Å²) in [5.41, 5.74) is 0. The summed E-state index contributed by atoms with van der Waals surface area (Å²) in [6.45, 7) is 4.93. The van der Waals surface area contributed by atoms with Crippen LogP contribution in [-0.4, -0.2) is 47.4 Å². The monoisotopic (exact) mass is 1010 g/mol. The van der Waals surface area contributed by atoms with Gasteiger partial charge in [0.1, 0.15) is 0 Å². The first-order valence-electron chi connectivity index (χ1n) is 32.6. The molecule has 0 radical (unpaired) electrons. The van der Waals surface area contributed by atoms with Crippen molar-refractivity contribution in [1.82, 2.24) is 5.32 Å². The predicted molar refractivity (Wildman–Crippen MR) is 315 cm³/mol. The van der Waals surface area contributed by atoms with Gasteiger partial charge in [0, 0.05) is 12.8 Å². The van der Waals surface area contributed by atoms with Crippen LogP contribution in [0.3, 0.4) is 0 Å². The van der Waals surface area contributed by atoms with Crippen molar-refractivity contribution in [3.63, 3.8) is 0 Å². The molecule has 0 saturated carbocycles. The van der Waals surface area contributed by atoms with E-state index < -0.39 is 12.1 Å². The molecule has 6 heteroatoms. The fraction of sp³-hybridized carbons (Fsp3) is 0.909. The highest BCUT2D eigenvalue weighted by molar-refractivity contribution is 5.76. The van der Waals surface area contributed by atoms with Crippen LogP contribution < -0.4 is 5.32 Å². The Morgan fingerprint density at radius 1 is 0.375 bits per heavy atom. The zero-order valence-electron chi connectivity index (χ0n) is 48.7. The minimum absolute atomic E-state index is 0.0115. The molecule has 0 aromatic rings. The topological polar surface area (TPSA) is 95.9 Å². The van der Waals surface area contributed by atoms with Crippen LogP contribution in [-0.2, 0) is 14.3 Å². The molecule has 0 fully saturated rings. The highest BCUT2D eigenvalue weighted by atomic mass is 16.5. The zero-order chi connectivity index (χ0) is 52.2. The van der Waals surface area contributed by atoms with Crippen LogP contribution in [0.2, 0.25) is 0 Å². The highest BCUT2D eigenvalue weighted by Gasteiger charge is 2.18. The summed E-state index contributed by atoms with van der Waals surface area (Å²) in [6, 6.07) is -0.633. The Morgan fingerprint density at radius 3 is 0.986 bits per heavy atom. The van der Waals surface area contributed by atoms with Crippen LogP contribution in [0.5, 0.6) is 0 Å². The molecule has 0 bridgehead atoms. The van der Waals surface area contributed by atoms with Crippen molar-refractivity contribution in [3.05, 3.63) is 24.3 Å². The predicted octanol–water partition coefficient (Wildman–Crippen LogP) is 20.6. The average Bonchev–Trinajstić information content (AvgIpc) is 3.38. The Labute approximate surface area is 450 Å². The summed E-state index contributed by atoms with van der Waals surface area (Å²) in [5.74, 6) is -0.0603. The molecule has 1 amide bonds. The van der Waals surface area contributed by atoms with Gasteiger partial charge in [0.15, 0.2) is 0 Å². The number of amides is 1. The lowest BCUT2D eigenvalue weighted by Gasteiger charge is -2.20. The Kier molecular flexibility index (Phi) is 60.5. The molecule has 72 heavy (non-hydrogen) atoms. The van der Waals surface area contributed by atoms with Crippen molar-refractivity contribution in [2.24, 2.45) is 0 Å². The molecule has 6 nitrogen and oxygen atoms in total. The second-order valence-corrected chi connectivity index (χ2v) is 22.5. The van der Waals surface area contributed by atoms with Crippen molar-refractivity contribution < 1.29 is 24.5 Å². The SMILES string of the molecule is CCCCCCCCCCCCCCCCCCCC/C=C/C(O)C(CO)NC(=O)CCCCCCCCC/C=C\CCCCCCCCCCCCCOC(=O)CCCCCCCCCCCCCCC. The highest BCUT2D eigenvalue weighted by Crippen LogP contribution is 2.18. The Balaban J connectivity index is 3.44. The van der Waals surface area contributed by atoms with E-state index in [-0.39, 0.29) is 18.5 Å². The summed E-state index contributed by atoms with van der Waals surface area (Å²) in [4.78, 5) is 24.5. The standard InChI is InChI=1S/C66H127NO5/c1-3-5-7-9-11-13-15-17-18-19-20-25-28-31-35-38-42-46-50-54-58-64(69)63(62-68)67-65(70)59-55-51-47-43-39-36-32-29-26-23-21-22-24-27-30-33-37-41-45-49-53-57-61-72-66(71)60-56-52-48-44-40-34-16-14-12-10-8-6-4-2/h23,26,54,58,63-64,68-69H,3-22,24-25,27-53,55-57,59-62H2,1-2H3,(H,67,70)/b26-23-,58-54+. The molecule has 0 aromatic heterocycles. The molecule has 2 unspecified atom stereocenters. The molecular formula is C66H127NO5. The van der Waals surface area contributed by atoms with Gasteiger partial charge in [-0.05, 0) is 57.8 Å². The number of aliphatic hydroxyl groups is 2. The molecule has 0 aromatic carbocycles. The number of carbonyl (C=O) groups is 2. The van der Waals surface area contributed by atoms with Gasteiger partial charge in [-0.2, -0.15) is 0 Å². The van der Waals surface area contributed by atoms with E-state index in [0.29, 0.717) is 19.4 Å². The lowest BCUT2D eigenvalue weighted by molar-refractivity contribution is -0.143. The zero-order valence-corrected chi connectivity index (χ0v) is 48.7. The summed E-state index contributed by atoms with van der Waals surface area (Å²) >= 11 is 0. The van der Waals surface area contributed by atoms with E-state index in [4.69, 9.17) is 4.74 Å². The van der Waals surface area contributed by atoms with Gasteiger partial charge in [-0.3, -0.25) is 9.59 Å². The van der Waals surface area contributed by atoms with Crippen LogP contribution in [0.15, 0.2) is 24.3 Å². The maximum absolute atomic E-state index is 12.5. The molecule has 426 valence electrons. The van der Waals surface area contributed by atoms with Crippen LogP contribution in [0.4, 0.5) is 0 Å². The number of hydrogen-bond acceptors (Lipinski definition) is 5. The van der Waals surface area contributed by atoms with E-state index in [2.05, 4.69) is 31.3 Å². The second kappa shape index (κ2) is 61.9. The number of unbranched alkanes of at least 4 members (excludes halogenated alkanes) is 48. The number of ether oxygens (including phenoxy) is 1. The molecule has 0 saturated heterocycles. The van der Waals surface area contributed by atoms with E-state index in [0.717, 1.165) is 44.9 Å². The van der Waals surface area contributed by atoms with Crippen LogP contribution >= 0.6 is 0 Å². The first-order chi connectivity index (χ1) is 35.5. The maximum Gasteiger partial charge on any atom is 0.305 e. The van der Waals surface area contributed by atoms with E-state index in [1.54, 1.807) is 6.08 Å². The first kappa shape index (κ1) is 70.3. The number of esters is 1. The summed E-state index contributed by atoms with van der Waals surface area (Å²) in [6.07, 6.45) is 76.5. The quantitative estimate of drug-likeness (QED) is 0.0320. The molecule has 0 aliphatic carbocycles. The molecule has 0 aliphatic heterocycles. The van der Waals surface area contributed by atoms with Gasteiger partial charge < -0.3 is 20.3 Å². The van der Waals surface area contributed by atoms with Crippen LogP contribution in [0, 0.1) is 0 Å². The molecule has 2 atom stereocenters. The minimum atomic E-state index is -0.849. The normalized spacial score (nSPS) is 12.7. The maximum atomic E-state index is 12.5. The Hall–Kier alpha value is -1.66. The fourth-order valence-corrected chi connectivity index (χ4v) is 10.2. The number of hydrogen-bond donors (Lipinski definition) is 3. The number of aliphatic hydroxyl groups excluding tert-OH is 2. The van der Waals surface area contributed by atoms with E-state index in [9.17, 15) is 19.8 Å². The molecule has 0 heterocycles. The van der Waals surface area contributed by atoms with Gasteiger partial charge in [-0.15, -0.1) is 0 Å². The van der Waals surface area contributed by atoms with Gasteiger partial charge >= 0.3 is 5.97 Å². The largest absolute Gasteiger partial charge is 0.466 e. The minimum Gasteiger partial charge on any atom is -0.466 e. The fourth-order valence-electron chi connectivity index (χ4n) is 10.2. The van der Waals surface area contributed by atoms with E-state index in [1.807, 2.05) is 6.08 Å². The number of rotatable bonds is 61. The summed E-state index contributed by atoms with van der Waals surface area (Å²) < 4.78 is 5.48. The number of allylic oxidation sites excluding steroid dienone is 3. The van der Waals surface area contributed by atoms with Gasteiger partial charge in [-0.25, -0.2) is 0 Å². The third-order valence-electron chi connectivity index (χ3n) is 15.2. The molecule has 3 N–H and O–H groups in total. The smallest absolute Gasteiger partial charge is 0.305 e. The third-order valence-corrected chi connectivity index (χ3v) is 15.2. The summed E-state index contributed by atoms with van der Waals surface area (Å²) in [7, 11) is 0. The lowest BCUT2D eigenvalue weighted by Crippen LogP contribution is -2.45.